The van der Waals surface area contributed by atoms with Crippen molar-refractivity contribution >= 4 is 28.9 Å². The van der Waals surface area contributed by atoms with Crippen LogP contribution in [0.15, 0.2) is 78.9 Å². The van der Waals surface area contributed by atoms with E-state index < -0.39 is 0 Å². The van der Waals surface area contributed by atoms with Crippen molar-refractivity contribution in [2.75, 3.05) is 11.9 Å². The van der Waals surface area contributed by atoms with E-state index >= 15 is 0 Å². The maximum atomic E-state index is 12.6. The number of nitrogens with one attached hydrogen (secondary N) is 2. The Labute approximate surface area is 169 Å². The van der Waals surface area contributed by atoms with Gasteiger partial charge >= 0.3 is 0 Å². The Kier molecular flexibility index (Phi) is 6.59. The molecule has 0 aliphatic carbocycles. The Bertz CT molecular complexity index is 961. The molecule has 6 heteroatoms. The van der Waals surface area contributed by atoms with E-state index in [1.165, 1.54) is 11.6 Å². The van der Waals surface area contributed by atoms with Crippen molar-refractivity contribution in [2.45, 2.75) is 6.42 Å². The van der Waals surface area contributed by atoms with Gasteiger partial charge in [0, 0.05) is 18.2 Å². The zero-order valence-electron chi connectivity index (χ0n) is 15.1. The third-order valence-electron chi connectivity index (χ3n) is 3.95. The molecule has 0 heterocycles. The fourth-order valence-electron chi connectivity index (χ4n) is 2.62. The molecule has 0 saturated carbocycles. The first kappa shape index (κ1) is 19.4. The highest BCUT2D eigenvalue weighted by Crippen LogP contribution is 2.19. The lowest BCUT2D eigenvalue weighted by atomic mass is 10.1. The number of ether oxygens (including phenoxy) is 1. The molecule has 0 atom stereocenters. The molecule has 3 N–H and O–H groups in total. The highest BCUT2D eigenvalue weighted by molar-refractivity contribution is 7.80. The first-order chi connectivity index (χ1) is 13.6. The largest absolute Gasteiger partial charge is 0.508 e. The lowest BCUT2D eigenvalue weighted by molar-refractivity contribution is 0.0974. The van der Waals surface area contributed by atoms with Gasteiger partial charge in [0.25, 0.3) is 5.91 Å². The number of phenols is 1. The molecule has 0 spiro atoms. The smallest absolute Gasteiger partial charge is 0.261 e. The van der Waals surface area contributed by atoms with Crippen LogP contribution in [0.25, 0.3) is 0 Å². The summed E-state index contributed by atoms with van der Waals surface area (Å²) in [4.78, 5) is 12.6. The molecule has 0 bridgehead atoms. The molecule has 0 aromatic heterocycles. The minimum Gasteiger partial charge on any atom is -0.508 e. The van der Waals surface area contributed by atoms with E-state index in [1.807, 2.05) is 36.4 Å². The van der Waals surface area contributed by atoms with Crippen molar-refractivity contribution in [1.82, 2.24) is 5.32 Å². The summed E-state index contributed by atoms with van der Waals surface area (Å²) in [6.07, 6.45) is 0.744. The molecule has 5 nitrogen and oxygen atoms in total. The van der Waals surface area contributed by atoms with Gasteiger partial charge in [-0.2, -0.15) is 0 Å². The Morgan fingerprint density at radius 3 is 2.50 bits per heavy atom. The summed E-state index contributed by atoms with van der Waals surface area (Å²) in [5, 5.41) is 15.1. The van der Waals surface area contributed by atoms with Crippen molar-refractivity contribution in [3.8, 4) is 11.5 Å². The molecule has 0 saturated heterocycles. The van der Waals surface area contributed by atoms with Crippen LogP contribution >= 0.6 is 12.2 Å². The molecule has 1 amide bonds. The van der Waals surface area contributed by atoms with E-state index in [4.69, 9.17) is 17.0 Å². The van der Waals surface area contributed by atoms with Gasteiger partial charge in [0.2, 0.25) is 0 Å². The van der Waals surface area contributed by atoms with Gasteiger partial charge in [-0.1, -0.05) is 48.5 Å². The van der Waals surface area contributed by atoms with Crippen molar-refractivity contribution in [2.24, 2.45) is 0 Å². The monoisotopic (exact) mass is 392 g/mol. The van der Waals surface area contributed by atoms with E-state index in [-0.39, 0.29) is 16.8 Å². The van der Waals surface area contributed by atoms with Crippen LogP contribution in [0.2, 0.25) is 0 Å². The topological polar surface area (TPSA) is 70.6 Å². The molecule has 3 aromatic rings. The molecule has 0 unspecified atom stereocenters. The number of amides is 1. The molecule has 3 rings (SSSR count). The minimum atomic E-state index is -0.368. The number of phenolic OH excluding ortho intramolecular Hbond substituents is 1. The van der Waals surface area contributed by atoms with Crippen molar-refractivity contribution in [3.63, 3.8) is 0 Å². The van der Waals surface area contributed by atoms with E-state index in [1.54, 1.807) is 36.4 Å². The van der Waals surface area contributed by atoms with Gasteiger partial charge < -0.3 is 15.2 Å². The van der Waals surface area contributed by atoms with Crippen LogP contribution in [0.3, 0.4) is 0 Å². The fraction of sp³-hybridized carbons (Fsp3) is 0.0909. The van der Waals surface area contributed by atoms with Gasteiger partial charge in [0.1, 0.15) is 11.5 Å². The first-order valence-corrected chi connectivity index (χ1v) is 9.20. The summed E-state index contributed by atoms with van der Waals surface area (Å²) < 4.78 is 5.82. The quantitative estimate of drug-likeness (QED) is 0.550. The number of para-hydroxylation sites is 1. The molecule has 3 aromatic carbocycles. The van der Waals surface area contributed by atoms with E-state index in [9.17, 15) is 9.90 Å². The predicted octanol–water partition coefficient (Wildman–Crippen LogP) is 4.14. The Morgan fingerprint density at radius 1 is 0.964 bits per heavy atom. The molecule has 0 fully saturated rings. The lowest BCUT2D eigenvalue weighted by Gasteiger charge is -2.13. The lowest BCUT2D eigenvalue weighted by Crippen LogP contribution is -2.34. The van der Waals surface area contributed by atoms with Crippen LogP contribution in [-0.2, 0) is 6.42 Å². The molecular formula is C22H20N2O3S. The Hall–Kier alpha value is -3.38. The van der Waals surface area contributed by atoms with Crippen LogP contribution in [0.4, 0.5) is 5.69 Å². The summed E-state index contributed by atoms with van der Waals surface area (Å²) in [5.74, 6) is 0.236. The fourth-order valence-corrected chi connectivity index (χ4v) is 2.83. The van der Waals surface area contributed by atoms with Gasteiger partial charge in [-0.3, -0.25) is 10.1 Å². The van der Waals surface area contributed by atoms with E-state index in [0.29, 0.717) is 23.6 Å². The number of aromatic hydroxyl groups is 1. The average Bonchev–Trinajstić information content (AvgIpc) is 2.69. The number of hydrogen-bond donors (Lipinski definition) is 3. The van der Waals surface area contributed by atoms with Gasteiger partial charge in [0.15, 0.2) is 5.11 Å². The van der Waals surface area contributed by atoms with Gasteiger partial charge in [-0.15, -0.1) is 0 Å². The third-order valence-corrected chi connectivity index (χ3v) is 4.16. The molecule has 0 radical (unpaired) electrons. The number of hydrogen-bond acceptors (Lipinski definition) is 4. The highest BCUT2D eigenvalue weighted by Gasteiger charge is 2.13. The van der Waals surface area contributed by atoms with Crippen LogP contribution in [-0.4, -0.2) is 22.7 Å². The number of anilines is 1. The highest BCUT2D eigenvalue weighted by atomic mass is 32.1. The normalized spacial score (nSPS) is 10.1. The number of carbonyl (C=O) groups excluding carboxylic acids is 1. The number of rotatable bonds is 6. The molecule has 28 heavy (non-hydrogen) atoms. The van der Waals surface area contributed by atoms with Crippen molar-refractivity contribution in [3.05, 3.63) is 90.0 Å². The minimum absolute atomic E-state index is 0.108. The van der Waals surface area contributed by atoms with Crippen molar-refractivity contribution < 1.29 is 14.6 Å². The molecule has 0 aliphatic heterocycles. The summed E-state index contributed by atoms with van der Waals surface area (Å²) in [5.41, 5.74) is 2.15. The second-order valence-electron chi connectivity index (χ2n) is 6.04. The first-order valence-electron chi connectivity index (χ1n) is 8.79. The van der Waals surface area contributed by atoms with Crippen molar-refractivity contribution in [1.29, 1.82) is 0 Å². The van der Waals surface area contributed by atoms with E-state index in [2.05, 4.69) is 10.6 Å². The number of carbonyl (C=O) groups is 1. The molecular weight excluding hydrogens is 372 g/mol. The van der Waals surface area contributed by atoms with Crippen LogP contribution in [0.5, 0.6) is 11.5 Å². The standard InChI is InChI=1S/C22H20N2O3S/c25-18-10-6-9-17(15-18)23-22(28)24-21(26)19-11-4-5-12-20(19)27-14-13-16-7-2-1-3-8-16/h1-12,15,25H,13-14H2,(H2,23,24,26,28). The van der Waals surface area contributed by atoms with E-state index in [0.717, 1.165) is 6.42 Å². The second-order valence-corrected chi connectivity index (χ2v) is 6.45. The van der Waals surface area contributed by atoms with Crippen LogP contribution in [0.1, 0.15) is 15.9 Å². The van der Waals surface area contributed by atoms with Crippen LogP contribution < -0.4 is 15.4 Å². The number of thiocarbonyl (C=S) groups is 1. The predicted molar refractivity (Wildman–Crippen MR) is 114 cm³/mol. The van der Waals surface area contributed by atoms with Gasteiger partial charge in [-0.05, 0) is 42.0 Å². The Morgan fingerprint density at radius 2 is 1.71 bits per heavy atom. The van der Waals surface area contributed by atoms with Gasteiger partial charge in [-0.25, -0.2) is 0 Å². The molecule has 0 aliphatic rings. The van der Waals surface area contributed by atoms with Gasteiger partial charge in [0.05, 0.1) is 12.2 Å². The zero-order valence-corrected chi connectivity index (χ0v) is 15.9. The summed E-state index contributed by atoms with van der Waals surface area (Å²) >= 11 is 5.18. The maximum Gasteiger partial charge on any atom is 0.261 e. The summed E-state index contributed by atoms with van der Waals surface area (Å²) in [7, 11) is 0. The summed E-state index contributed by atoms with van der Waals surface area (Å²) in [6, 6.07) is 23.5. The third kappa shape index (κ3) is 5.56. The number of benzene rings is 3. The average molecular weight is 392 g/mol. The summed E-state index contributed by atoms with van der Waals surface area (Å²) in [6.45, 7) is 0.459. The second kappa shape index (κ2) is 9.53. The maximum absolute atomic E-state index is 12.6. The molecule has 142 valence electrons. The zero-order chi connectivity index (χ0) is 19.8. The Balaban J connectivity index is 1.59. The SMILES string of the molecule is O=C(NC(=S)Nc1cccc(O)c1)c1ccccc1OCCc1ccccc1. The van der Waals surface area contributed by atoms with Crippen LogP contribution in [0, 0.1) is 0 Å².